The summed E-state index contributed by atoms with van der Waals surface area (Å²) in [7, 11) is 0. The van der Waals surface area contributed by atoms with Crippen molar-refractivity contribution in [3.8, 4) is 0 Å². The largest absolute Gasteiger partial charge is 0.385 e. The van der Waals surface area contributed by atoms with Crippen molar-refractivity contribution in [2.45, 2.75) is 5.54 Å². The number of hydrogen-bond acceptors (Lipinski definition) is 3. The third kappa shape index (κ3) is 0.501. The molecule has 0 unspecified atom stereocenters. The van der Waals surface area contributed by atoms with Gasteiger partial charge in [0, 0.05) is 13.1 Å². The highest BCUT2D eigenvalue weighted by Crippen LogP contribution is 2.15. The van der Waals surface area contributed by atoms with Crippen LogP contribution >= 0.6 is 0 Å². The van der Waals surface area contributed by atoms with Crippen molar-refractivity contribution >= 4 is 11.9 Å². The highest BCUT2D eigenvalue weighted by Gasteiger charge is 2.46. The lowest BCUT2D eigenvalue weighted by Crippen LogP contribution is -2.71. The number of hydrogen-bond donors (Lipinski definition) is 3. The van der Waals surface area contributed by atoms with Gasteiger partial charge >= 0.3 is 6.03 Å². The standard InChI is InChI=1S/C5H8N4O/c6-3-5(1-7-2-5)9-4(10)8-3/h7H,1-2H2,(H3,6,8,9,10). The Labute approximate surface area is 57.7 Å². The van der Waals surface area contributed by atoms with Crippen molar-refractivity contribution in [2.75, 3.05) is 13.1 Å². The maximum absolute atomic E-state index is 10.7. The van der Waals surface area contributed by atoms with E-state index in [1.807, 2.05) is 0 Å². The number of amides is 2. The van der Waals surface area contributed by atoms with Crippen molar-refractivity contribution in [1.29, 1.82) is 0 Å². The fraction of sp³-hybridized carbons (Fsp3) is 0.600. The van der Waals surface area contributed by atoms with Gasteiger partial charge in [0.15, 0.2) is 0 Å². The van der Waals surface area contributed by atoms with Crippen LogP contribution in [0.1, 0.15) is 0 Å². The summed E-state index contributed by atoms with van der Waals surface area (Å²) in [6.07, 6.45) is 0. The number of nitrogens with zero attached hydrogens (tertiary/aromatic N) is 1. The molecule has 0 aliphatic carbocycles. The number of amidine groups is 1. The number of carbonyl (C=O) groups excluding carboxylic acids is 1. The summed E-state index contributed by atoms with van der Waals surface area (Å²) in [4.78, 5) is 14.2. The quantitative estimate of drug-likeness (QED) is 0.379. The zero-order valence-electron chi connectivity index (χ0n) is 5.35. The van der Waals surface area contributed by atoms with Gasteiger partial charge in [-0.2, -0.15) is 4.99 Å². The van der Waals surface area contributed by atoms with Crippen LogP contribution in [0.2, 0.25) is 0 Å². The van der Waals surface area contributed by atoms with Crippen LogP contribution in [0.5, 0.6) is 0 Å². The molecule has 0 bridgehead atoms. The van der Waals surface area contributed by atoms with Gasteiger partial charge in [-0.25, -0.2) is 4.79 Å². The van der Waals surface area contributed by atoms with E-state index in [9.17, 15) is 4.79 Å². The lowest BCUT2D eigenvalue weighted by molar-refractivity contribution is 0.237. The van der Waals surface area contributed by atoms with Crippen molar-refractivity contribution in [3.63, 3.8) is 0 Å². The Balaban J connectivity index is 2.27. The molecule has 2 heterocycles. The third-order valence-electron chi connectivity index (χ3n) is 1.91. The Kier molecular flexibility index (Phi) is 0.843. The molecule has 0 aromatic heterocycles. The Morgan fingerprint density at radius 2 is 2.30 bits per heavy atom. The molecule has 0 aromatic rings. The van der Waals surface area contributed by atoms with Crippen LogP contribution in [0.25, 0.3) is 0 Å². The molecule has 5 nitrogen and oxygen atoms in total. The highest BCUT2D eigenvalue weighted by atomic mass is 16.2. The van der Waals surface area contributed by atoms with Crippen molar-refractivity contribution < 1.29 is 4.79 Å². The van der Waals surface area contributed by atoms with E-state index in [0.717, 1.165) is 0 Å². The molecule has 4 N–H and O–H groups in total. The van der Waals surface area contributed by atoms with Crippen LogP contribution in [0.3, 0.4) is 0 Å². The average Bonchev–Trinajstić information content (AvgIpc) is 2.04. The summed E-state index contributed by atoms with van der Waals surface area (Å²) in [5.74, 6) is 0.413. The summed E-state index contributed by atoms with van der Waals surface area (Å²) in [6.45, 7) is 1.40. The van der Waals surface area contributed by atoms with Crippen molar-refractivity contribution in [3.05, 3.63) is 0 Å². The predicted octanol–water partition coefficient (Wildman–Crippen LogP) is -1.59. The minimum atomic E-state index is -0.336. The van der Waals surface area contributed by atoms with E-state index < -0.39 is 0 Å². The molecule has 0 atom stereocenters. The molecule has 2 amide bonds. The monoisotopic (exact) mass is 140 g/mol. The minimum Gasteiger partial charge on any atom is -0.385 e. The van der Waals surface area contributed by atoms with Gasteiger partial charge in [0.2, 0.25) is 0 Å². The molecule has 54 valence electrons. The van der Waals surface area contributed by atoms with Crippen LogP contribution in [-0.4, -0.2) is 30.5 Å². The second kappa shape index (κ2) is 1.49. The zero-order valence-corrected chi connectivity index (χ0v) is 5.35. The summed E-state index contributed by atoms with van der Waals surface area (Å²) in [5.41, 5.74) is 5.16. The number of rotatable bonds is 0. The van der Waals surface area contributed by atoms with Crippen LogP contribution in [0.15, 0.2) is 4.99 Å². The van der Waals surface area contributed by atoms with Gasteiger partial charge in [-0.05, 0) is 0 Å². The van der Waals surface area contributed by atoms with Gasteiger partial charge < -0.3 is 16.4 Å². The van der Waals surface area contributed by atoms with Crippen LogP contribution in [0.4, 0.5) is 4.79 Å². The van der Waals surface area contributed by atoms with E-state index >= 15 is 0 Å². The summed E-state index contributed by atoms with van der Waals surface area (Å²) in [6, 6.07) is -0.320. The SMILES string of the molecule is NC1=NC(=O)NC12CNC2. The lowest BCUT2D eigenvalue weighted by Gasteiger charge is -2.38. The summed E-state index contributed by atoms with van der Waals surface area (Å²) in [5, 5.41) is 5.71. The number of urea groups is 1. The Bertz CT molecular complexity index is 218. The van der Waals surface area contributed by atoms with Crippen molar-refractivity contribution in [1.82, 2.24) is 10.6 Å². The smallest absolute Gasteiger partial charge is 0.343 e. The maximum Gasteiger partial charge on any atom is 0.343 e. The van der Waals surface area contributed by atoms with Gasteiger partial charge in [0.05, 0.1) is 0 Å². The Hall–Kier alpha value is -1.10. The molecule has 10 heavy (non-hydrogen) atoms. The summed E-state index contributed by atoms with van der Waals surface area (Å²) >= 11 is 0. The Morgan fingerprint density at radius 1 is 1.60 bits per heavy atom. The van der Waals surface area contributed by atoms with Crippen molar-refractivity contribution in [2.24, 2.45) is 10.7 Å². The second-order valence-corrected chi connectivity index (χ2v) is 2.61. The topological polar surface area (TPSA) is 79.5 Å². The molecule has 5 heteroatoms. The first-order valence-electron chi connectivity index (χ1n) is 3.10. The molecular formula is C5H8N4O. The third-order valence-corrected chi connectivity index (χ3v) is 1.91. The van der Waals surface area contributed by atoms with Crippen LogP contribution in [0, 0.1) is 0 Å². The zero-order chi connectivity index (χ0) is 7.19. The first-order valence-corrected chi connectivity index (χ1v) is 3.10. The minimum absolute atomic E-state index is 0.320. The first kappa shape index (κ1) is 5.67. The molecule has 2 aliphatic rings. The lowest BCUT2D eigenvalue weighted by atomic mass is 9.92. The van der Waals surface area contributed by atoms with E-state index in [4.69, 9.17) is 5.73 Å². The molecular weight excluding hydrogens is 132 g/mol. The van der Waals surface area contributed by atoms with Gasteiger partial charge in [0.25, 0.3) is 0 Å². The molecule has 0 radical (unpaired) electrons. The van der Waals surface area contributed by atoms with E-state index in [2.05, 4.69) is 15.6 Å². The maximum atomic E-state index is 10.7. The highest BCUT2D eigenvalue weighted by molar-refractivity contribution is 6.06. The fourth-order valence-electron chi connectivity index (χ4n) is 1.16. The van der Waals surface area contributed by atoms with E-state index in [-0.39, 0.29) is 11.6 Å². The fourth-order valence-corrected chi connectivity index (χ4v) is 1.16. The Morgan fingerprint density at radius 3 is 2.50 bits per heavy atom. The van der Waals surface area contributed by atoms with Gasteiger partial charge in [-0.3, -0.25) is 0 Å². The number of nitrogens with two attached hydrogens (primary N) is 1. The number of carbonyl (C=O) groups is 1. The predicted molar refractivity (Wildman–Crippen MR) is 35.8 cm³/mol. The first-order chi connectivity index (χ1) is 4.73. The van der Waals surface area contributed by atoms with E-state index in [1.165, 1.54) is 0 Å². The molecule has 0 aromatic carbocycles. The molecule has 2 aliphatic heterocycles. The van der Waals surface area contributed by atoms with Crippen LogP contribution in [-0.2, 0) is 0 Å². The van der Waals surface area contributed by atoms with Crippen LogP contribution < -0.4 is 16.4 Å². The average molecular weight is 140 g/mol. The van der Waals surface area contributed by atoms with E-state index in [0.29, 0.717) is 18.9 Å². The summed E-state index contributed by atoms with van der Waals surface area (Å²) < 4.78 is 0. The molecule has 1 spiro atoms. The molecule has 1 saturated heterocycles. The molecule has 1 fully saturated rings. The van der Waals surface area contributed by atoms with Gasteiger partial charge in [-0.15, -0.1) is 0 Å². The second-order valence-electron chi connectivity index (χ2n) is 2.61. The van der Waals surface area contributed by atoms with Gasteiger partial charge in [0.1, 0.15) is 11.4 Å². The molecule has 0 saturated carbocycles. The normalized spacial score (nSPS) is 27.6. The van der Waals surface area contributed by atoms with Gasteiger partial charge in [-0.1, -0.05) is 0 Å². The molecule has 2 rings (SSSR count). The van der Waals surface area contributed by atoms with E-state index in [1.54, 1.807) is 0 Å². The number of aliphatic imine (C=N–C) groups is 1. The number of nitrogens with one attached hydrogen (secondary N) is 2.